The summed E-state index contributed by atoms with van der Waals surface area (Å²) in [4.78, 5) is 12.9. The Kier molecular flexibility index (Phi) is 43.5. The van der Waals surface area contributed by atoms with E-state index in [1.54, 1.807) is 0 Å². The van der Waals surface area contributed by atoms with Gasteiger partial charge in [0.15, 0.2) is 6.29 Å². The monoisotopic (exact) mass is 985 g/mol. The molecular formula is C55H100O12S. The van der Waals surface area contributed by atoms with Crippen LogP contribution in [-0.4, -0.2) is 97.5 Å². The number of esters is 1. The third kappa shape index (κ3) is 38.8. The normalized spacial score (nSPS) is 19.6. The second-order valence-electron chi connectivity index (χ2n) is 18.8. The summed E-state index contributed by atoms with van der Waals surface area (Å²) in [6.07, 6.45) is 48.6. The molecule has 0 amide bonds. The molecule has 1 aliphatic rings. The molecule has 398 valence electrons. The highest BCUT2D eigenvalue weighted by Crippen LogP contribution is 2.26. The molecule has 0 aromatic rings. The van der Waals surface area contributed by atoms with Gasteiger partial charge in [-0.15, -0.1) is 0 Å². The highest BCUT2D eigenvalue weighted by molar-refractivity contribution is 7.80. The van der Waals surface area contributed by atoms with Gasteiger partial charge in [-0.3, -0.25) is 9.35 Å². The Bertz CT molecular complexity index is 1370. The van der Waals surface area contributed by atoms with Gasteiger partial charge in [0.05, 0.1) is 19.8 Å². The van der Waals surface area contributed by atoms with Crippen LogP contribution in [0.15, 0.2) is 48.6 Å². The van der Waals surface area contributed by atoms with E-state index in [2.05, 4.69) is 66.6 Å². The maximum Gasteiger partial charge on any atom is 0.397 e. The SMILES string of the molecule is CC/C=C\C/C=C\C/C=C\C/C=C\CCCCCCCOCC(COC1OC(CO)C(O)C(OS(=O)(=O)O)C1O)OC(=O)CCCCCCCCCCCCCCCCCCCCCCCCC. The van der Waals surface area contributed by atoms with Crippen LogP contribution in [0, 0.1) is 0 Å². The Morgan fingerprint density at radius 3 is 1.49 bits per heavy atom. The van der Waals surface area contributed by atoms with Gasteiger partial charge >= 0.3 is 16.4 Å². The summed E-state index contributed by atoms with van der Waals surface area (Å²) in [5, 5.41) is 30.8. The first-order chi connectivity index (χ1) is 33.1. The fourth-order valence-electron chi connectivity index (χ4n) is 8.37. The second kappa shape index (κ2) is 46.2. The van der Waals surface area contributed by atoms with Gasteiger partial charge in [-0.1, -0.05) is 223 Å². The van der Waals surface area contributed by atoms with Gasteiger partial charge in [-0.05, 0) is 51.4 Å². The molecule has 12 nitrogen and oxygen atoms in total. The third-order valence-corrected chi connectivity index (χ3v) is 12.9. The van der Waals surface area contributed by atoms with Crippen LogP contribution in [0.5, 0.6) is 0 Å². The molecule has 0 bridgehead atoms. The summed E-state index contributed by atoms with van der Waals surface area (Å²) in [5.74, 6) is -0.402. The summed E-state index contributed by atoms with van der Waals surface area (Å²) < 4.78 is 59.3. The van der Waals surface area contributed by atoms with Crippen LogP contribution in [0.2, 0.25) is 0 Å². The molecule has 6 atom stereocenters. The van der Waals surface area contributed by atoms with E-state index in [4.69, 9.17) is 18.9 Å². The van der Waals surface area contributed by atoms with E-state index >= 15 is 0 Å². The van der Waals surface area contributed by atoms with Crippen molar-refractivity contribution in [3.8, 4) is 0 Å². The van der Waals surface area contributed by atoms with Gasteiger partial charge < -0.3 is 34.3 Å². The van der Waals surface area contributed by atoms with E-state index in [0.29, 0.717) is 13.0 Å². The zero-order valence-electron chi connectivity index (χ0n) is 42.9. The minimum Gasteiger partial charge on any atom is -0.457 e. The molecule has 13 heteroatoms. The maximum absolute atomic E-state index is 12.9. The second-order valence-corrected chi connectivity index (χ2v) is 19.8. The first-order valence-corrected chi connectivity index (χ1v) is 28.8. The lowest BCUT2D eigenvalue weighted by Gasteiger charge is -2.41. The molecule has 1 fully saturated rings. The lowest BCUT2D eigenvalue weighted by atomic mass is 9.99. The fourth-order valence-corrected chi connectivity index (χ4v) is 8.88. The molecule has 0 radical (unpaired) electrons. The van der Waals surface area contributed by atoms with Crippen molar-refractivity contribution in [2.24, 2.45) is 0 Å². The van der Waals surface area contributed by atoms with E-state index in [1.165, 1.54) is 122 Å². The highest BCUT2D eigenvalue weighted by Gasteiger charge is 2.48. The van der Waals surface area contributed by atoms with E-state index in [1.807, 2.05) is 0 Å². The quantitative estimate of drug-likeness (QED) is 0.0197. The van der Waals surface area contributed by atoms with Crippen LogP contribution in [0.1, 0.15) is 232 Å². The summed E-state index contributed by atoms with van der Waals surface area (Å²) in [5.41, 5.74) is 0. The van der Waals surface area contributed by atoms with Crippen LogP contribution in [0.25, 0.3) is 0 Å². The van der Waals surface area contributed by atoms with Gasteiger partial charge in [-0.2, -0.15) is 8.42 Å². The number of carbonyl (C=O) groups excluding carboxylic acids is 1. The van der Waals surface area contributed by atoms with Crippen molar-refractivity contribution in [3.63, 3.8) is 0 Å². The lowest BCUT2D eigenvalue weighted by molar-refractivity contribution is -0.301. The molecule has 1 aliphatic heterocycles. The standard InChI is InChI=1S/C55H100O12S/c1-3-5-7-9-11-13-15-17-19-21-23-24-25-26-27-28-30-32-34-36-38-40-42-44-51(57)65-49(48-64-55-53(59)54(67-68(60,61)62)52(58)50(46-56)66-55)47-63-45-43-41-39-37-35-33-31-29-22-20-18-16-14-12-10-8-6-4-2/h6,8,12,14,18,20,29,31,49-50,52-56,58-59H,3-5,7,9-11,13,15-17,19,21-28,30,32-48H2,1-2H3,(H,60,61,62)/b8-6-,14-12-,20-18-,31-29-. The molecule has 0 aromatic heterocycles. The number of hydrogen-bond acceptors (Lipinski definition) is 11. The molecule has 1 heterocycles. The number of unbranched alkanes of at least 4 members (excludes halogenated alkanes) is 27. The number of hydrogen-bond donors (Lipinski definition) is 4. The number of ether oxygens (including phenoxy) is 4. The molecule has 6 unspecified atom stereocenters. The van der Waals surface area contributed by atoms with Crippen molar-refractivity contribution in [1.29, 1.82) is 0 Å². The number of aliphatic hydroxyl groups is 3. The predicted octanol–water partition coefficient (Wildman–Crippen LogP) is 13.1. The molecule has 0 saturated carbocycles. The predicted molar refractivity (Wildman–Crippen MR) is 276 cm³/mol. The first-order valence-electron chi connectivity index (χ1n) is 27.4. The number of carbonyl (C=O) groups is 1. The van der Waals surface area contributed by atoms with Crippen molar-refractivity contribution >= 4 is 16.4 Å². The van der Waals surface area contributed by atoms with Gasteiger partial charge in [-0.25, -0.2) is 4.18 Å². The van der Waals surface area contributed by atoms with Gasteiger partial charge in [0.1, 0.15) is 30.5 Å². The minimum absolute atomic E-state index is 0.0246. The average Bonchev–Trinajstić information content (AvgIpc) is 3.31. The van der Waals surface area contributed by atoms with E-state index in [-0.39, 0.29) is 19.6 Å². The molecule has 0 spiro atoms. The topological polar surface area (TPSA) is 178 Å². The molecule has 1 rings (SSSR count). The minimum atomic E-state index is -5.07. The van der Waals surface area contributed by atoms with Crippen molar-refractivity contribution in [3.05, 3.63) is 48.6 Å². The van der Waals surface area contributed by atoms with Crippen LogP contribution < -0.4 is 0 Å². The number of aliphatic hydroxyl groups excluding tert-OH is 3. The summed E-state index contributed by atoms with van der Waals surface area (Å²) >= 11 is 0. The Hall–Kier alpha value is -1.94. The van der Waals surface area contributed by atoms with Gasteiger partial charge in [0, 0.05) is 13.0 Å². The Morgan fingerprint density at radius 2 is 1.01 bits per heavy atom. The zero-order chi connectivity index (χ0) is 49.6. The number of rotatable bonds is 48. The van der Waals surface area contributed by atoms with E-state index in [9.17, 15) is 33.1 Å². The van der Waals surface area contributed by atoms with Crippen molar-refractivity contribution in [1.82, 2.24) is 0 Å². The molecule has 4 N–H and O–H groups in total. The Balaban J connectivity index is 2.32. The zero-order valence-corrected chi connectivity index (χ0v) is 43.7. The van der Waals surface area contributed by atoms with Crippen LogP contribution >= 0.6 is 0 Å². The Labute approximate surface area is 415 Å². The molecule has 0 aliphatic carbocycles. The highest BCUT2D eigenvalue weighted by atomic mass is 32.3. The third-order valence-electron chi connectivity index (χ3n) is 12.5. The molecule has 0 aromatic carbocycles. The number of allylic oxidation sites excluding steroid dienone is 8. The first kappa shape index (κ1) is 64.1. The maximum atomic E-state index is 12.9. The largest absolute Gasteiger partial charge is 0.457 e. The van der Waals surface area contributed by atoms with Gasteiger partial charge in [0.2, 0.25) is 0 Å². The van der Waals surface area contributed by atoms with E-state index in [0.717, 1.165) is 83.5 Å². The van der Waals surface area contributed by atoms with Crippen molar-refractivity contribution in [2.45, 2.75) is 269 Å². The summed E-state index contributed by atoms with van der Waals surface area (Å²) in [6.45, 7) is 3.87. The van der Waals surface area contributed by atoms with Crippen molar-refractivity contribution in [2.75, 3.05) is 26.4 Å². The molecule has 1 saturated heterocycles. The fraction of sp³-hybridized carbons (Fsp3) is 0.836. The molecule has 68 heavy (non-hydrogen) atoms. The van der Waals surface area contributed by atoms with Crippen LogP contribution in [-0.2, 0) is 38.3 Å². The summed E-state index contributed by atoms with van der Waals surface area (Å²) in [6, 6.07) is 0. The average molecular weight is 985 g/mol. The molecular weight excluding hydrogens is 885 g/mol. The van der Waals surface area contributed by atoms with Crippen LogP contribution in [0.3, 0.4) is 0 Å². The Morgan fingerprint density at radius 1 is 0.574 bits per heavy atom. The van der Waals surface area contributed by atoms with Crippen molar-refractivity contribution < 1.29 is 56.2 Å². The smallest absolute Gasteiger partial charge is 0.397 e. The van der Waals surface area contributed by atoms with Gasteiger partial charge in [0.25, 0.3) is 0 Å². The van der Waals surface area contributed by atoms with Crippen LogP contribution in [0.4, 0.5) is 0 Å². The van der Waals surface area contributed by atoms with E-state index < -0.39 is 59.8 Å². The lowest BCUT2D eigenvalue weighted by Crippen LogP contribution is -2.60. The summed E-state index contributed by atoms with van der Waals surface area (Å²) in [7, 11) is -5.07.